The number of imide groups is 1. The molecule has 2 N–H and O–H groups in total. The summed E-state index contributed by atoms with van der Waals surface area (Å²) < 4.78 is 44.6. The fraction of sp³-hybridized carbons (Fsp3) is 0.444. The van der Waals surface area contributed by atoms with Crippen LogP contribution in [-0.2, 0) is 19.1 Å². The van der Waals surface area contributed by atoms with Crippen LogP contribution in [-0.4, -0.2) is 46.9 Å². The van der Waals surface area contributed by atoms with Crippen LogP contribution < -0.4 is 10.6 Å². The van der Waals surface area contributed by atoms with E-state index >= 15 is 0 Å². The van der Waals surface area contributed by atoms with Crippen molar-refractivity contribution in [3.8, 4) is 0 Å². The zero-order chi connectivity index (χ0) is 21.9. The van der Waals surface area contributed by atoms with E-state index in [2.05, 4.69) is 5.32 Å². The second-order valence-corrected chi connectivity index (χ2v) is 6.45. The van der Waals surface area contributed by atoms with Crippen LogP contribution >= 0.6 is 0 Å². The van der Waals surface area contributed by atoms with Gasteiger partial charge in [0, 0.05) is 0 Å². The maximum Gasteiger partial charge on any atom is 0.327 e. The number of anilines is 1. The van der Waals surface area contributed by atoms with Gasteiger partial charge in [-0.2, -0.15) is 0 Å². The van der Waals surface area contributed by atoms with Gasteiger partial charge in [-0.1, -0.05) is 13.8 Å². The lowest BCUT2D eigenvalue weighted by Crippen LogP contribution is -2.46. The average molecular weight is 415 g/mol. The van der Waals surface area contributed by atoms with E-state index in [1.54, 1.807) is 13.8 Å². The van der Waals surface area contributed by atoms with E-state index in [1.807, 2.05) is 5.32 Å². The Bertz CT molecular complexity index is 857. The van der Waals surface area contributed by atoms with Crippen LogP contribution in [0.1, 0.15) is 33.6 Å². The van der Waals surface area contributed by atoms with Gasteiger partial charge in [0.2, 0.25) is 0 Å². The Morgan fingerprint density at radius 3 is 2.34 bits per heavy atom. The van der Waals surface area contributed by atoms with Crippen molar-refractivity contribution in [3.05, 3.63) is 29.6 Å². The van der Waals surface area contributed by atoms with Gasteiger partial charge in [0.25, 0.3) is 11.8 Å². The molecule has 0 bridgehead atoms. The van der Waals surface area contributed by atoms with Crippen molar-refractivity contribution in [2.75, 3.05) is 11.9 Å². The number of nitrogens with one attached hydrogen (secondary N) is 2. The van der Waals surface area contributed by atoms with Crippen molar-refractivity contribution in [1.29, 1.82) is 0 Å². The van der Waals surface area contributed by atoms with Gasteiger partial charge in [-0.25, -0.2) is 18.0 Å². The average Bonchev–Trinajstić information content (AvgIpc) is 2.92. The van der Waals surface area contributed by atoms with E-state index in [-0.39, 0.29) is 0 Å². The number of carbonyl (C=O) groups excluding carboxylic acids is 4. The summed E-state index contributed by atoms with van der Waals surface area (Å²) >= 11 is 0. The first-order valence-electron chi connectivity index (χ1n) is 8.84. The van der Waals surface area contributed by atoms with Gasteiger partial charge in [0.15, 0.2) is 23.6 Å². The van der Waals surface area contributed by atoms with Crippen molar-refractivity contribution >= 4 is 29.5 Å². The van der Waals surface area contributed by atoms with Gasteiger partial charge in [0.1, 0.15) is 12.1 Å². The molecule has 1 heterocycles. The Morgan fingerprint density at radius 2 is 1.79 bits per heavy atom. The summed E-state index contributed by atoms with van der Waals surface area (Å²) in [6.07, 6.45) is -0.797. The number of hydrogen-bond donors (Lipinski definition) is 2. The standard InChI is InChI=1S/C18H20F3N3O5/c1-4-18(5-2)16(27)24(17(28)23-18)8-12(25)29-9(3)15(26)22-11-7-6-10(19)13(20)14(11)21/h6-7,9H,4-5,8H2,1-3H3,(H,22,26)(H,23,28). The minimum absolute atomic E-state index is 0.332. The number of nitrogens with zero attached hydrogens (tertiary/aromatic N) is 1. The number of ether oxygens (including phenoxy) is 1. The number of benzene rings is 1. The highest BCUT2D eigenvalue weighted by Crippen LogP contribution is 2.25. The van der Waals surface area contributed by atoms with Crippen molar-refractivity contribution in [1.82, 2.24) is 10.2 Å². The molecular formula is C18H20F3N3O5. The maximum atomic E-state index is 13.6. The van der Waals surface area contributed by atoms with Crippen molar-refractivity contribution in [2.45, 2.75) is 45.3 Å². The molecular weight excluding hydrogens is 395 g/mol. The lowest BCUT2D eigenvalue weighted by Gasteiger charge is -2.23. The summed E-state index contributed by atoms with van der Waals surface area (Å²) in [6, 6.07) is 0.676. The molecule has 1 aromatic rings. The van der Waals surface area contributed by atoms with Crippen LogP contribution in [0, 0.1) is 17.5 Å². The van der Waals surface area contributed by atoms with Crippen LogP contribution in [0.3, 0.4) is 0 Å². The third-order valence-corrected chi connectivity index (χ3v) is 4.71. The molecule has 1 aliphatic rings. The topological polar surface area (TPSA) is 105 Å². The summed E-state index contributed by atoms with van der Waals surface area (Å²) in [7, 11) is 0. The van der Waals surface area contributed by atoms with Crippen molar-refractivity contribution < 1.29 is 37.1 Å². The van der Waals surface area contributed by atoms with Crippen LogP contribution in [0.2, 0.25) is 0 Å². The predicted octanol–water partition coefficient (Wildman–Crippen LogP) is 2.08. The molecule has 0 aromatic heterocycles. The molecule has 2 rings (SSSR count). The molecule has 1 aliphatic heterocycles. The number of carbonyl (C=O) groups is 4. The molecule has 158 valence electrons. The van der Waals surface area contributed by atoms with Crippen LogP contribution in [0.25, 0.3) is 0 Å². The first-order valence-corrected chi connectivity index (χ1v) is 8.84. The Kier molecular flexibility index (Phi) is 6.50. The smallest absolute Gasteiger partial charge is 0.327 e. The highest BCUT2D eigenvalue weighted by molar-refractivity contribution is 6.08. The number of hydrogen-bond acceptors (Lipinski definition) is 5. The van der Waals surface area contributed by atoms with Gasteiger partial charge in [-0.15, -0.1) is 0 Å². The van der Waals surface area contributed by atoms with Gasteiger partial charge >= 0.3 is 12.0 Å². The molecule has 0 saturated carbocycles. The number of halogens is 3. The molecule has 0 aliphatic carbocycles. The second kappa shape index (κ2) is 8.50. The number of urea groups is 1. The molecule has 1 atom stereocenters. The molecule has 4 amide bonds. The Hall–Kier alpha value is -3.11. The summed E-state index contributed by atoms with van der Waals surface area (Å²) in [4.78, 5) is 49.2. The van der Waals surface area contributed by atoms with Crippen LogP contribution in [0.4, 0.5) is 23.7 Å². The lowest BCUT2D eigenvalue weighted by atomic mass is 9.93. The van der Waals surface area contributed by atoms with E-state index in [0.717, 1.165) is 13.0 Å². The zero-order valence-corrected chi connectivity index (χ0v) is 16.0. The minimum Gasteiger partial charge on any atom is -0.451 e. The van der Waals surface area contributed by atoms with E-state index in [9.17, 15) is 32.3 Å². The molecule has 0 radical (unpaired) electrons. The highest BCUT2D eigenvalue weighted by Gasteiger charge is 2.49. The minimum atomic E-state index is -1.76. The van der Waals surface area contributed by atoms with Crippen LogP contribution in [0.15, 0.2) is 12.1 Å². The molecule has 29 heavy (non-hydrogen) atoms. The summed E-state index contributed by atoms with van der Waals surface area (Å²) in [6.45, 7) is 3.86. The normalized spacial score (nSPS) is 16.4. The molecule has 1 aromatic carbocycles. The number of esters is 1. The number of rotatable bonds is 7. The Labute approximate surface area is 164 Å². The third kappa shape index (κ3) is 4.33. The van der Waals surface area contributed by atoms with E-state index in [1.165, 1.54) is 0 Å². The Balaban J connectivity index is 1.99. The van der Waals surface area contributed by atoms with Gasteiger partial charge in [-0.3, -0.25) is 19.3 Å². The predicted molar refractivity (Wildman–Crippen MR) is 94.1 cm³/mol. The van der Waals surface area contributed by atoms with Crippen molar-refractivity contribution in [2.24, 2.45) is 0 Å². The lowest BCUT2D eigenvalue weighted by molar-refractivity contribution is -0.155. The van der Waals surface area contributed by atoms with E-state index in [0.29, 0.717) is 23.8 Å². The monoisotopic (exact) mass is 415 g/mol. The molecule has 1 unspecified atom stereocenters. The van der Waals surface area contributed by atoms with Gasteiger partial charge < -0.3 is 15.4 Å². The zero-order valence-electron chi connectivity index (χ0n) is 16.0. The number of amides is 4. The fourth-order valence-electron chi connectivity index (χ4n) is 2.82. The Morgan fingerprint density at radius 1 is 1.17 bits per heavy atom. The SMILES string of the molecule is CCC1(CC)NC(=O)N(CC(=O)OC(C)C(=O)Nc2ccc(F)c(F)c2F)C1=O. The largest absolute Gasteiger partial charge is 0.451 e. The van der Waals surface area contributed by atoms with Gasteiger partial charge in [-0.05, 0) is 31.9 Å². The van der Waals surface area contributed by atoms with Gasteiger partial charge in [0.05, 0.1) is 5.69 Å². The molecule has 1 saturated heterocycles. The summed E-state index contributed by atoms with van der Waals surface area (Å²) in [5.41, 5.74) is -1.73. The molecule has 0 spiro atoms. The second-order valence-electron chi connectivity index (χ2n) is 6.45. The molecule has 1 fully saturated rings. The third-order valence-electron chi connectivity index (χ3n) is 4.71. The molecule has 11 heteroatoms. The fourth-order valence-corrected chi connectivity index (χ4v) is 2.82. The molecule has 8 nitrogen and oxygen atoms in total. The summed E-state index contributed by atoms with van der Waals surface area (Å²) in [5.74, 6) is -7.44. The maximum absolute atomic E-state index is 13.6. The quantitative estimate of drug-likeness (QED) is 0.403. The summed E-state index contributed by atoms with van der Waals surface area (Å²) in [5, 5.41) is 4.51. The first kappa shape index (κ1) is 22.2. The van der Waals surface area contributed by atoms with E-state index < -0.39 is 65.1 Å². The highest BCUT2D eigenvalue weighted by atomic mass is 19.2. The van der Waals surface area contributed by atoms with Crippen LogP contribution in [0.5, 0.6) is 0 Å². The van der Waals surface area contributed by atoms with Crippen molar-refractivity contribution in [3.63, 3.8) is 0 Å². The first-order chi connectivity index (χ1) is 13.6. The van der Waals surface area contributed by atoms with E-state index in [4.69, 9.17) is 4.74 Å².